The van der Waals surface area contributed by atoms with Gasteiger partial charge in [-0.05, 0) is 30.3 Å². The second-order valence-electron chi connectivity index (χ2n) is 5.40. The molecule has 0 saturated carbocycles. The fraction of sp³-hybridized carbons (Fsp3) is 0.267. The van der Waals surface area contributed by atoms with Crippen LogP contribution in [-0.4, -0.2) is 36.9 Å². The maximum absolute atomic E-state index is 12.7. The van der Waals surface area contributed by atoms with Crippen LogP contribution in [0.3, 0.4) is 0 Å². The number of sulfonamides is 1. The number of hydrogen-bond donors (Lipinski definition) is 0. The Hall–Kier alpha value is -1.84. The first-order valence-electron chi connectivity index (χ1n) is 7.12. The molecule has 1 aliphatic heterocycles. The van der Waals surface area contributed by atoms with Gasteiger partial charge in [0.25, 0.3) is 0 Å². The van der Waals surface area contributed by atoms with Gasteiger partial charge in [0.2, 0.25) is 15.9 Å². The number of aromatic nitrogens is 1. The molecular weight excluding hydrogens is 381 g/mol. The molecule has 0 aliphatic carbocycles. The van der Waals surface area contributed by atoms with E-state index < -0.39 is 27.9 Å². The Morgan fingerprint density at radius 1 is 1.16 bits per heavy atom. The van der Waals surface area contributed by atoms with E-state index in [0.29, 0.717) is 5.02 Å². The van der Waals surface area contributed by atoms with Gasteiger partial charge < -0.3 is 4.74 Å². The number of pyridine rings is 1. The van der Waals surface area contributed by atoms with Crippen LogP contribution in [0, 0.1) is 0 Å². The van der Waals surface area contributed by atoms with Gasteiger partial charge in [0.15, 0.2) is 0 Å². The molecule has 5 nitrogen and oxygen atoms in total. The van der Waals surface area contributed by atoms with E-state index in [4.69, 9.17) is 16.3 Å². The quantitative estimate of drug-likeness (QED) is 0.801. The summed E-state index contributed by atoms with van der Waals surface area (Å²) in [7, 11) is -3.68. The van der Waals surface area contributed by atoms with Crippen molar-refractivity contribution in [2.45, 2.75) is 17.2 Å². The summed E-state index contributed by atoms with van der Waals surface area (Å²) < 4.78 is 69.2. The Morgan fingerprint density at radius 3 is 2.40 bits per heavy atom. The first kappa shape index (κ1) is 18.0. The van der Waals surface area contributed by atoms with Gasteiger partial charge in [-0.1, -0.05) is 11.6 Å². The van der Waals surface area contributed by atoms with Gasteiger partial charge in [0, 0.05) is 17.3 Å². The van der Waals surface area contributed by atoms with E-state index in [2.05, 4.69) is 4.98 Å². The molecule has 1 aromatic heterocycles. The van der Waals surface area contributed by atoms with Crippen LogP contribution >= 0.6 is 11.6 Å². The molecule has 25 heavy (non-hydrogen) atoms. The summed E-state index contributed by atoms with van der Waals surface area (Å²) in [6, 6.07) is 7.34. The zero-order valence-corrected chi connectivity index (χ0v) is 14.1. The Bertz CT molecular complexity index is 866. The lowest BCUT2D eigenvalue weighted by Crippen LogP contribution is -2.56. The highest BCUT2D eigenvalue weighted by Gasteiger charge is 2.38. The lowest BCUT2D eigenvalue weighted by atomic mass is 10.2. The SMILES string of the molecule is O=S(=O)(c1ccc(Cl)cc1)N1CC(Oc2cc(C(F)(F)F)ccn2)C1. The topological polar surface area (TPSA) is 59.5 Å². The van der Waals surface area contributed by atoms with E-state index >= 15 is 0 Å². The molecule has 0 atom stereocenters. The number of rotatable bonds is 4. The third-order valence-electron chi connectivity index (χ3n) is 3.62. The van der Waals surface area contributed by atoms with Gasteiger partial charge in [-0.2, -0.15) is 17.5 Å². The molecule has 2 aromatic rings. The third kappa shape index (κ3) is 3.88. The zero-order valence-electron chi connectivity index (χ0n) is 12.6. The summed E-state index contributed by atoms with van der Waals surface area (Å²) in [4.78, 5) is 3.82. The smallest absolute Gasteiger partial charge is 0.416 e. The van der Waals surface area contributed by atoms with Gasteiger partial charge in [-0.25, -0.2) is 13.4 Å². The monoisotopic (exact) mass is 392 g/mol. The van der Waals surface area contributed by atoms with Crippen molar-refractivity contribution in [2.24, 2.45) is 0 Å². The minimum atomic E-state index is -4.50. The number of benzene rings is 1. The largest absolute Gasteiger partial charge is 0.472 e. The molecule has 0 spiro atoms. The van der Waals surface area contributed by atoms with Gasteiger partial charge in [-0.3, -0.25) is 0 Å². The van der Waals surface area contributed by atoms with Crippen LogP contribution in [0.1, 0.15) is 5.56 Å². The van der Waals surface area contributed by atoms with Crippen LogP contribution in [0.4, 0.5) is 13.2 Å². The highest BCUT2D eigenvalue weighted by molar-refractivity contribution is 7.89. The summed E-state index contributed by atoms with van der Waals surface area (Å²) in [5.74, 6) is -0.191. The minimum absolute atomic E-state index is 0.0306. The zero-order chi connectivity index (χ0) is 18.2. The maximum Gasteiger partial charge on any atom is 0.416 e. The predicted octanol–water partition coefficient (Wildman–Crippen LogP) is 3.21. The normalized spacial score (nSPS) is 16.5. The Morgan fingerprint density at radius 2 is 1.80 bits per heavy atom. The number of hydrogen-bond acceptors (Lipinski definition) is 4. The van der Waals surface area contributed by atoms with Crippen molar-refractivity contribution in [1.82, 2.24) is 9.29 Å². The van der Waals surface area contributed by atoms with Crippen molar-refractivity contribution in [2.75, 3.05) is 13.1 Å². The average Bonchev–Trinajstić information content (AvgIpc) is 2.50. The highest BCUT2D eigenvalue weighted by Crippen LogP contribution is 2.31. The number of nitrogens with zero attached hydrogens (tertiary/aromatic N) is 2. The van der Waals surface area contributed by atoms with Crippen LogP contribution in [-0.2, 0) is 16.2 Å². The molecule has 3 rings (SSSR count). The van der Waals surface area contributed by atoms with Crippen molar-refractivity contribution >= 4 is 21.6 Å². The van der Waals surface area contributed by atoms with Crippen molar-refractivity contribution in [3.8, 4) is 5.88 Å². The van der Waals surface area contributed by atoms with Crippen LogP contribution in [0.15, 0.2) is 47.5 Å². The molecule has 0 radical (unpaired) electrons. The van der Waals surface area contributed by atoms with E-state index in [1.165, 1.54) is 28.6 Å². The molecule has 1 fully saturated rings. The van der Waals surface area contributed by atoms with E-state index in [0.717, 1.165) is 18.3 Å². The van der Waals surface area contributed by atoms with E-state index in [1.54, 1.807) is 0 Å². The fourth-order valence-electron chi connectivity index (χ4n) is 2.25. The third-order valence-corrected chi connectivity index (χ3v) is 5.71. The first-order chi connectivity index (χ1) is 11.7. The molecule has 0 amide bonds. The summed E-state index contributed by atoms with van der Waals surface area (Å²) in [5.41, 5.74) is -0.873. The number of ether oxygens (including phenoxy) is 1. The standard InChI is InChI=1S/C15H12ClF3N2O3S/c16-11-1-3-13(4-2-11)25(22,23)21-8-12(9-21)24-14-7-10(5-6-20-14)15(17,18)19/h1-7,12H,8-9H2. The second kappa shape index (κ2) is 6.47. The number of halogens is 4. The summed E-state index contributed by atoms with van der Waals surface area (Å²) in [6.07, 6.45) is -4.05. The second-order valence-corrected chi connectivity index (χ2v) is 7.77. The van der Waals surface area contributed by atoms with Crippen molar-refractivity contribution in [1.29, 1.82) is 0 Å². The molecule has 134 valence electrons. The molecule has 10 heteroatoms. The van der Waals surface area contributed by atoms with Crippen LogP contribution in [0.5, 0.6) is 5.88 Å². The van der Waals surface area contributed by atoms with Crippen LogP contribution in [0.25, 0.3) is 0 Å². The predicted molar refractivity (Wildman–Crippen MR) is 83.9 cm³/mol. The Kier molecular flexibility index (Phi) is 4.65. The molecule has 1 aliphatic rings. The van der Waals surface area contributed by atoms with Crippen LogP contribution in [0.2, 0.25) is 5.02 Å². The molecule has 2 heterocycles. The van der Waals surface area contributed by atoms with E-state index in [-0.39, 0.29) is 23.9 Å². The van der Waals surface area contributed by atoms with Gasteiger partial charge >= 0.3 is 6.18 Å². The minimum Gasteiger partial charge on any atom is -0.472 e. The summed E-state index contributed by atoms with van der Waals surface area (Å²) >= 11 is 5.73. The van der Waals surface area contributed by atoms with E-state index in [9.17, 15) is 21.6 Å². The summed E-state index contributed by atoms with van der Waals surface area (Å²) in [5, 5.41) is 0.416. The molecule has 0 unspecified atom stereocenters. The molecular formula is C15H12ClF3N2O3S. The van der Waals surface area contributed by atoms with Crippen molar-refractivity contribution in [3.63, 3.8) is 0 Å². The Labute approximate surface area is 147 Å². The van der Waals surface area contributed by atoms with Gasteiger partial charge in [0.1, 0.15) is 6.10 Å². The highest BCUT2D eigenvalue weighted by atomic mass is 35.5. The fourth-order valence-corrected chi connectivity index (χ4v) is 3.88. The van der Waals surface area contributed by atoms with Crippen molar-refractivity contribution < 1.29 is 26.3 Å². The Balaban J connectivity index is 1.64. The molecule has 0 N–H and O–H groups in total. The van der Waals surface area contributed by atoms with Gasteiger partial charge in [0.05, 0.1) is 23.5 Å². The molecule has 1 aromatic carbocycles. The van der Waals surface area contributed by atoms with E-state index in [1.807, 2.05) is 0 Å². The molecule has 1 saturated heterocycles. The summed E-state index contributed by atoms with van der Waals surface area (Å²) in [6.45, 7) is 0.0613. The molecule has 0 bridgehead atoms. The van der Waals surface area contributed by atoms with Crippen molar-refractivity contribution in [3.05, 3.63) is 53.2 Å². The maximum atomic E-state index is 12.7. The average molecular weight is 393 g/mol. The van der Waals surface area contributed by atoms with Gasteiger partial charge in [-0.15, -0.1) is 0 Å². The lowest BCUT2D eigenvalue weighted by molar-refractivity contribution is -0.137. The lowest BCUT2D eigenvalue weighted by Gasteiger charge is -2.37. The first-order valence-corrected chi connectivity index (χ1v) is 8.94. The van der Waals surface area contributed by atoms with Crippen LogP contribution < -0.4 is 4.74 Å². The number of alkyl halides is 3.